The molecule has 21 heavy (non-hydrogen) atoms. The largest absolute Gasteiger partial charge is 0.433 e. The van der Waals surface area contributed by atoms with Crippen LogP contribution < -0.4 is 15.4 Å². The van der Waals surface area contributed by atoms with Crippen molar-refractivity contribution in [2.45, 2.75) is 6.61 Å². The summed E-state index contributed by atoms with van der Waals surface area (Å²) < 4.78 is 42.4. The highest BCUT2D eigenvalue weighted by Gasteiger charge is 2.10. The Morgan fingerprint density at radius 1 is 0.952 bits per heavy atom. The molecule has 0 aromatic heterocycles. The molecule has 7 heteroatoms. The first-order valence-electron chi connectivity index (χ1n) is 5.92. The average molecular weight is 312 g/mol. The Labute approximate surface area is 124 Å². The van der Waals surface area contributed by atoms with Crippen molar-refractivity contribution in [2.75, 3.05) is 10.6 Å². The summed E-state index contributed by atoms with van der Waals surface area (Å²) in [5, 5.41) is 5.39. The van der Waals surface area contributed by atoms with Gasteiger partial charge >= 0.3 is 6.61 Å². The molecule has 2 N–H and O–H groups in total. The maximum absolute atomic E-state index is 13.5. The highest BCUT2D eigenvalue weighted by molar-refractivity contribution is 7.80. The van der Waals surface area contributed by atoms with Gasteiger partial charge in [-0.05, 0) is 36.5 Å². The quantitative estimate of drug-likeness (QED) is 0.828. The van der Waals surface area contributed by atoms with Crippen molar-refractivity contribution in [1.82, 2.24) is 0 Å². The van der Waals surface area contributed by atoms with Gasteiger partial charge in [0.1, 0.15) is 11.6 Å². The van der Waals surface area contributed by atoms with Crippen LogP contribution >= 0.6 is 12.2 Å². The zero-order valence-electron chi connectivity index (χ0n) is 10.6. The Morgan fingerprint density at radius 2 is 1.52 bits per heavy atom. The van der Waals surface area contributed by atoms with Crippen LogP contribution in [0.5, 0.6) is 5.75 Å². The zero-order valence-corrected chi connectivity index (χ0v) is 11.5. The molecule has 0 aliphatic carbocycles. The molecule has 110 valence electrons. The van der Waals surface area contributed by atoms with E-state index in [-0.39, 0.29) is 22.2 Å². The molecule has 0 heterocycles. The summed E-state index contributed by atoms with van der Waals surface area (Å²) in [6.45, 7) is -2.94. The minimum atomic E-state index is -2.94. The Hall–Kier alpha value is -2.28. The molecular formula is C14H11F3N2OS. The second-order valence-corrected chi connectivity index (χ2v) is 4.34. The van der Waals surface area contributed by atoms with Crippen LogP contribution in [0.4, 0.5) is 24.5 Å². The molecule has 0 aliphatic heterocycles. The Bertz CT molecular complexity index is 637. The van der Waals surface area contributed by atoms with Gasteiger partial charge in [-0.3, -0.25) is 0 Å². The van der Waals surface area contributed by atoms with Gasteiger partial charge in [0.2, 0.25) is 0 Å². The van der Waals surface area contributed by atoms with Crippen LogP contribution in [0, 0.1) is 5.82 Å². The summed E-state index contributed by atoms with van der Waals surface area (Å²) in [6.07, 6.45) is 0. The van der Waals surface area contributed by atoms with Gasteiger partial charge < -0.3 is 15.4 Å². The molecule has 0 bridgehead atoms. The monoisotopic (exact) mass is 312 g/mol. The second-order valence-electron chi connectivity index (χ2n) is 3.93. The predicted octanol–water partition coefficient (Wildman–Crippen LogP) is 4.24. The summed E-state index contributed by atoms with van der Waals surface area (Å²) in [6, 6.07) is 12.0. The van der Waals surface area contributed by atoms with Crippen LogP contribution in [-0.2, 0) is 0 Å². The number of para-hydroxylation sites is 3. The Morgan fingerprint density at radius 3 is 2.19 bits per heavy atom. The molecule has 2 aromatic carbocycles. The van der Waals surface area contributed by atoms with Crippen LogP contribution in [0.2, 0.25) is 0 Å². The third-order valence-electron chi connectivity index (χ3n) is 2.47. The first kappa shape index (κ1) is 15.1. The summed E-state index contributed by atoms with van der Waals surface area (Å²) in [4.78, 5) is 0. The number of alkyl halides is 2. The molecule has 0 fully saturated rings. The van der Waals surface area contributed by atoms with E-state index in [1.807, 2.05) is 0 Å². The van der Waals surface area contributed by atoms with E-state index in [0.717, 1.165) is 0 Å². The summed E-state index contributed by atoms with van der Waals surface area (Å²) >= 11 is 5.02. The van der Waals surface area contributed by atoms with E-state index >= 15 is 0 Å². The maximum atomic E-state index is 13.5. The lowest BCUT2D eigenvalue weighted by atomic mass is 10.3. The molecule has 0 amide bonds. The maximum Gasteiger partial charge on any atom is 0.387 e. The van der Waals surface area contributed by atoms with Crippen LogP contribution in [-0.4, -0.2) is 11.7 Å². The van der Waals surface area contributed by atoms with Crippen LogP contribution in [0.1, 0.15) is 0 Å². The number of anilines is 2. The fraction of sp³-hybridized carbons (Fsp3) is 0.0714. The fourth-order valence-corrected chi connectivity index (χ4v) is 1.83. The molecular weight excluding hydrogens is 301 g/mol. The van der Waals surface area contributed by atoms with Gasteiger partial charge in [0.15, 0.2) is 5.11 Å². The molecule has 2 aromatic rings. The third-order valence-corrected chi connectivity index (χ3v) is 2.68. The van der Waals surface area contributed by atoms with Crippen molar-refractivity contribution in [3.05, 3.63) is 54.3 Å². The number of benzene rings is 2. The Balaban J connectivity index is 2.08. The number of thiocarbonyl (C=S) groups is 1. The predicted molar refractivity (Wildman–Crippen MR) is 79.3 cm³/mol. The lowest BCUT2D eigenvalue weighted by molar-refractivity contribution is -0.0493. The van der Waals surface area contributed by atoms with Crippen molar-refractivity contribution in [2.24, 2.45) is 0 Å². The van der Waals surface area contributed by atoms with E-state index < -0.39 is 12.4 Å². The standard InChI is InChI=1S/C14H11F3N2OS/c15-9-5-1-2-6-10(9)18-14(21)19-11-7-3-4-8-12(11)20-13(16)17/h1-8,13H,(H2,18,19,21). The molecule has 0 atom stereocenters. The number of halogens is 3. The van der Waals surface area contributed by atoms with Gasteiger partial charge in [-0.1, -0.05) is 24.3 Å². The van der Waals surface area contributed by atoms with Crippen LogP contribution in [0.15, 0.2) is 48.5 Å². The van der Waals surface area contributed by atoms with E-state index in [2.05, 4.69) is 15.4 Å². The number of ether oxygens (including phenoxy) is 1. The normalized spacial score (nSPS) is 10.3. The smallest absolute Gasteiger partial charge is 0.387 e. The van der Waals surface area contributed by atoms with Gasteiger partial charge in [-0.15, -0.1) is 0 Å². The number of hydrogen-bond donors (Lipinski definition) is 2. The fourth-order valence-electron chi connectivity index (χ4n) is 1.61. The molecule has 2 rings (SSSR count). The van der Waals surface area contributed by atoms with Gasteiger partial charge in [-0.25, -0.2) is 4.39 Å². The van der Waals surface area contributed by atoms with E-state index in [0.29, 0.717) is 0 Å². The minimum Gasteiger partial charge on any atom is -0.433 e. The second kappa shape index (κ2) is 6.94. The number of hydrogen-bond acceptors (Lipinski definition) is 2. The molecule has 0 aliphatic rings. The Kier molecular flexibility index (Phi) is 4.99. The molecule has 0 unspecified atom stereocenters. The van der Waals surface area contributed by atoms with Crippen molar-refractivity contribution in [3.63, 3.8) is 0 Å². The van der Waals surface area contributed by atoms with Crippen LogP contribution in [0.25, 0.3) is 0 Å². The molecule has 0 saturated carbocycles. The van der Waals surface area contributed by atoms with Crippen molar-refractivity contribution < 1.29 is 17.9 Å². The van der Waals surface area contributed by atoms with E-state index in [4.69, 9.17) is 12.2 Å². The third kappa shape index (κ3) is 4.35. The SMILES string of the molecule is Fc1ccccc1NC(=S)Nc1ccccc1OC(F)F. The van der Waals surface area contributed by atoms with Crippen molar-refractivity contribution in [1.29, 1.82) is 0 Å². The number of nitrogens with one attached hydrogen (secondary N) is 2. The van der Waals surface area contributed by atoms with Crippen molar-refractivity contribution >= 4 is 28.7 Å². The summed E-state index contributed by atoms with van der Waals surface area (Å²) in [7, 11) is 0. The lowest BCUT2D eigenvalue weighted by Gasteiger charge is -2.14. The molecule has 0 radical (unpaired) electrons. The lowest BCUT2D eigenvalue weighted by Crippen LogP contribution is -2.20. The highest BCUT2D eigenvalue weighted by atomic mass is 32.1. The van der Waals surface area contributed by atoms with E-state index in [1.165, 1.54) is 24.3 Å². The van der Waals surface area contributed by atoms with Gasteiger partial charge in [0, 0.05) is 0 Å². The summed E-state index contributed by atoms with van der Waals surface area (Å²) in [5.41, 5.74) is 0.439. The van der Waals surface area contributed by atoms with E-state index in [1.54, 1.807) is 24.3 Å². The van der Waals surface area contributed by atoms with Gasteiger partial charge in [-0.2, -0.15) is 8.78 Å². The average Bonchev–Trinajstić information content (AvgIpc) is 2.43. The minimum absolute atomic E-state index is 0.0508. The van der Waals surface area contributed by atoms with Gasteiger partial charge in [0.25, 0.3) is 0 Å². The van der Waals surface area contributed by atoms with E-state index in [9.17, 15) is 13.2 Å². The highest BCUT2D eigenvalue weighted by Crippen LogP contribution is 2.25. The van der Waals surface area contributed by atoms with Crippen LogP contribution in [0.3, 0.4) is 0 Å². The molecule has 0 spiro atoms. The zero-order chi connectivity index (χ0) is 15.2. The molecule has 3 nitrogen and oxygen atoms in total. The molecule has 0 saturated heterocycles. The topological polar surface area (TPSA) is 33.3 Å². The van der Waals surface area contributed by atoms with Gasteiger partial charge in [0.05, 0.1) is 11.4 Å². The first-order chi connectivity index (χ1) is 10.1. The van der Waals surface area contributed by atoms with Crippen molar-refractivity contribution in [3.8, 4) is 5.75 Å². The summed E-state index contributed by atoms with van der Waals surface area (Å²) in [5.74, 6) is -0.524. The number of rotatable bonds is 4. The first-order valence-corrected chi connectivity index (χ1v) is 6.33.